The lowest BCUT2D eigenvalue weighted by molar-refractivity contribution is -0.147. The second-order valence-electron chi connectivity index (χ2n) is 5.62. The fraction of sp³-hybridized carbons (Fsp3) is 0.733. The van der Waals surface area contributed by atoms with Gasteiger partial charge in [-0.15, -0.1) is 0 Å². The molecule has 0 bridgehead atoms. The van der Waals surface area contributed by atoms with Crippen molar-refractivity contribution in [2.45, 2.75) is 52.4 Å². The fourth-order valence-electron chi connectivity index (χ4n) is 1.63. The summed E-state index contributed by atoms with van der Waals surface area (Å²) in [6.07, 6.45) is 4.38. The molecule has 0 spiro atoms. The number of aliphatic carboxylic acids is 2. The van der Waals surface area contributed by atoms with Crippen LogP contribution in [0.3, 0.4) is 0 Å². The first-order chi connectivity index (χ1) is 9.27. The van der Waals surface area contributed by atoms with Crippen LogP contribution in [0.15, 0.2) is 12.2 Å². The molecule has 0 aliphatic carbocycles. The number of rotatable bonds is 12. The van der Waals surface area contributed by atoms with Crippen molar-refractivity contribution < 1.29 is 24.5 Å². The summed E-state index contributed by atoms with van der Waals surface area (Å²) in [5.74, 6) is -1.70. The maximum absolute atomic E-state index is 10.9. The highest BCUT2D eigenvalue weighted by molar-refractivity contribution is 5.85. The van der Waals surface area contributed by atoms with Gasteiger partial charge in [0.25, 0.3) is 0 Å². The molecule has 116 valence electrons. The van der Waals surface area contributed by atoms with Crippen LogP contribution in [-0.4, -0.2) is 35.4 Å². The number of unbranched alkanes of at least 4 members (excludes halogenated alkanes) is 2. The molecule has 0 amide bonds. The van der Waals surface area contributed by atoms with Crippen LogP contribution in [0.5, 0.6) is 0 Å². The lowest BCUT2D eigenvalue weighted by Gasteiger charge is -2.18. The van der Waals surface area contributed by atoms with Gasteiger partial charge in [0.1, 0.15) is 0 Å². The van der Waals surface area contributed by atoms with E-state index in [0.717, 1.165) is 25.7 Å². The van der Waals surface area contributed by atoms with Crippen LogP contribution < -0.4 is 0 Å². The van der Waals surface area contributed by atoms with Crippen LogP contribution in [0.1, 0.15) is 52.4 Å². The molecule has 0 aromatic heterocycles. The molecule has 0 unspecified atom stereocenters. The van der Waals surface area contributed by atoms with Gasteiger partial charge in [-0.25, -0.2) is 4.79 Å². The van der Waals surface area contributed by atoms with E-state index in [4.69, 9.17) is 14.9 Å². The Bertz CT molecular complexity index is 333. The monoisotopic (exact) mass is 286 g/mol. The zero-order chi connectivity index (χ0) is 15.6. The Morgan fingerprint density at radius 1 is 1.05 bits per heavy atom. The zero-order valence-electron chi connectivity index (χ0n) is 12.5. The Morgan fingerprint density at radius 2 is 1.60 bits per heavy atom. The van der Waals surface area contributed by atoms with Crippen molar-refractivity contribution in [3.05, 3.63) is 12.2 Å². The summed E-state index contributed by atoms with van der Waals surface area (Å²) >= 11 is 0. The molecular formula is C15H26O5. The summed E-state index contributed by atoms with van der Waals surface area (Å²) in [5, 5.41) is 17.6. The van der Waals surface area contributed by atoms with Crippen LogP contribution in [0.4, 0.5) is 0 Å². The molecule has 0 radical (unpaired) electrons. The zero-order valence-corrected chi connectivity index (χ0v) is 12.5. The normalized spacial score (nSPS) is 11.3. The molecular weight excluding hydrogens is 260 g/mol. The SMILES string of the molecule is C=C(CCCCOCCCCC(C)(C)C(=O)O)C(=O)O. The standard InChI is InChI=1S/C15H26O5/c1-12(13(16)17)8-4-6-10-20-11-7-5-9-15(2,3)14(18)19/h1,4-11H2,2-3H3,(H,16,17)(H,18,19). The van der Waals surface area contributed by atoms with E-state index in [-0.39, 0.29) is 5.57 Å². The van der Waals surface area contributed by atoms with Gasteiger partial charge in [0.05, 0.1) is 5.41 Å². The first-order valence-electron chi connectivity index (χ1n) is 6.99. The molecule has 0 aromatic rings. The molecule has 0 aliphatic rings. The van der Waals surface area contributed by atoms with Gasteiger partial charge in [0.2, 0.25) is 0 Å². The Balaban J connectivity index is 3.40. The van der Waals surface area contributed by atoms with E-state index in [9.17, 15) is 9.59 Å². The van der Waals surface area contributed by atoms with Crippen LogP contribution in [0.2, 0.25) is 0 Å². The first kappa shape index (κ1) is 18.6. The number of ether oxygens (including phenoxy) is 1. The fourth-order valence-corrected chi connectivity index (χ4v) is 1.63. The van der Waals surface area contributed by atoms with Crippen LogP contribution >= 0.6 is 0 Å². The summed E-state index contributed by atoms with van der Waals surface area (Å²) in [6, 6.07) is 0. The summed E-state index contributed by atoms with van der Waals surface area (Å²) in [6.45, 7) is 8.14. The van der Waals surface area contributed by atoms with Gasteiger partial charge in [0, 0.05) is 18.8 Å². The minimum atomic E-state index is -0.938. The van der Waals surface area contributed by atoms with E-state index >= 15 is 0 Å². The van der Waals surface area contributed by atoms with Crippen molar-refractivity contribution in [3.8, 4) is 0 Å². The van der Waals surface area contributed by atoms with Crippen molar-refractivity contribution in [2.75, 3.05) is 13.2 Å². The quantitative estimate of drug-likeness (QED) is 0.425. The van der Waals surface area contributed by atoms with E-state index in [0.29, 0.717) is 26.1 Å². The summed E-state index contributed by atoms with van der Waals surface area (Å²) < 4.78 is 5.43. The molecule has 0 heterocycles. The second-order valence-corrected chi connectivity index (χ2v) is 5.62. The largest absolute Gasteiger partial charge is 0.481 e. The van der Waals surface area contributed by atoms with Gasteiger partial charge in [-0.3, -0.25) is 4.79 Å². The van der Waals surface area contributed by atoms with Gasteiger partial charge < -0.3 is 14.9 Å². The minimum Gasteiger partial charge on any atom is -0.481 e. The molecule has 5 nitrogen and oxygen atoms in total. The Kier molecular flexibility index (Phi) is 8.88. The van der Waals surface area contributed by atoms with E-state index in [1.807, 2.05) is 0 Å². The predicted molar refractivity (Wildman–Crippen MR) is 76.7 cm³/mol. The molecule has 0 saturated heterocycles. The van der Waals surface area contributed by atoms with Crippen LogP contribution in [0.25, 0.3) is 0 Å². The van der Waals surface area contributed by atoms with Crippen molar-refractivity contribution in [1.82, 2.24) is 0 Å². The predicted octanol–water partition coefficient (Wildman–Crippen LogP) is 3.10. The molecule has 0 atom stereocenters. The van der Waals surface area contributed by atoms with Crippen LogP contribution in [0, 0.1) is 5.41 Å². The van der Waals surface area contributed by atoms with E-state index < -0.39 is 17.4 Å². The first-order valence-corrected chi connectivity index (χ1v) is 6.99. The minimum absolute atomic E-state index is 0.237. The third-order valence-corrected chi connectivity index (χ3v) is 3.24. The summed E-state index contributed by atoms with van der Waals surface area (Å²) in [5.41, 5.74) is -0.433. The number of carbonyl (C=O) groups is 2. The molecule has 0 rings (SSSR count). The van der Waals surface area contributed by atoms with Crippen molar-refractivity contribution in [1.29, 1.82) is 0 Å². The van der Waals surface area contributed by atoms with Crippen LogP contribution in [-0.2, 0) is 14.3 Å². The highest BCUT2D eigenvalue weighted by Gasteiger charge is 2.25. The molecule has 0 aromatic carbocycles. The number of carboxylic acid groups (broad SMARTS) is 2. The Morgan fingerprint density at radius 3 is 2.10 bits per heavy atom. The van der Waals surface area contributed by atoms with Crippen molar-refractivity contribution >= 4 is 11.9 Å². The number of carboxylic acids is 2. The molecule has 0 fully saturated rings. The van der Waals surface area contributed by atoms with Gasteiger partial charge in [-0.1, -0.05) is 13.0 Å². The Labute approximate surface area is 120 Å². The lowest BCUT2D eigenvalue weighted by atomic mass is 9.87. The van der Waals surface area contributed by atoms with Crippen molar-refractivity contribution in [2.24, 2.45) is 5.41 Å². The third kappa shape index (κ3) is 8.69. The molecule has 0 aliphatic heterocycles. The van der Waals surface area contributed by atoms with Gasteiger partial charge >= 0.3 is 11.9 Å². The third-order valence-electron chi connectivity index (χ3n) is 3.24. The van der Waals surface area contributed by atoms with E-state index in [2.05, 4.69) is 6.58 Å². The van der Waals surface area contributed by atoms with Gasteiger partial charge in [0.15, 0.2) is 0 Å². The summed E-state index contributed by atoms with van der Waals surface area (Å²) in [4.78, 5) is 21.4. The van der Waals surface area contributed by atoms with Gasteiger partial charge in [-0.05, 0) is 46.0 Å². The molecule has 0 saturated carbocycles. The maximum Gasteiger partial charge on any atom is 0.330 e. The smallest absolute Gasteiger partial charge is 0.330 e. The lowest BCUT2D eigenvalue weighted by Crippen LogP contribution is -2.23. The van der Waals surface area contributed by atoms with E-state index in [1.165, 1.54) is 0 Å². The average Bonchev–Trinajstić information content (AvgIpc) is 2.35. The molecule has 5 heteroatoms. The summed E-state index contributed by atoms with van der Waals surface area (Å²) in [7, 11) is 0. The number of hydrogen-bond acceptors (Lipinski definition) is 3. The maximum atomic E-state index is 10.9. The molecule has 2 N–H and O–H groups in total. The second kappa shape index (κ2) is 9.53. The highest BCUT2D eigenvalue weighted by atomic mass is 16.5. The van der Waals surface area contributed by atoms with Gasteiger partial charge in [-0.2, -0.15) is 0 Å². The van der Waals surface area contributed by atoms with Crippen molar-refractivity contribution in [3.63, 3.8) is 0 Å². The average molecular weight is 286 g/mol. The number of hydrogen-bond donors (Lipinski definition) is 2. The Hall–Kier alpha value is -1.36. The van der Waals surface area contributed by atoms with E-state index in [1.54, 1.807) is 13.8 Å². The molecule has 20 heavy (non-hydrogen) atoms. The topological polar surface area (TPSA) is 83.8 Å². The highest BCUT2D eigenvalue weighted by Crippen LogP contribution is 2.23.